The van der Waals surface area contributed by atoms with Crippen LogP contribution in [0.25, 0.3) is 0 Å². The molecule has 0 aromatic heterocycles. The molecule has 7 heteroatoms. The van der Waals surface area contributed by atoms with Crippen LogP contribution in [0.2, 0.25) is 0 Å². The minimum Gasteiger partial charge on any atom is -0.481 e. The fourth-order valence-electron chi connectivity index (χ4n) is 1.65. The van der Waals surface area contributed by atoms with Crippen molar-refractivity contribution in [1.29, 1.82) is 0 Å². The molecule has 0 saturated carbocycles. The van der Waals surface area contributed by atoms with Crippen LogP contribution in [0.3, 0.4) is 0 Å². The molecular weight excluding hydrogens is 210 g/mol. The average Bonchev–Trinajstić information content (AvgIpc) is 2.27. The topological polar surface area (TPSA) is 70.0 Å². The summed E-state index contributed by atoms with van der Waals surface area (Å²) in [6.07, 6.45) is -1.11. The Morgan fingerprint density at radius 1 is 1.53 bits per heavy atom. The molecule has 0 aromatic carbocycles. The molecule has 0 aliphatic carbocycles. The van der Waals surface area contributed by atoms with Crippen molar-refractivity contribution in [1.82, 2.24) is 5.01 Å². The summed E-state index contributed by atoms with van der Waals surface area (Å²) < 4.78 is 26.7. The first kappa shape index (κ1) is 11.8. The first-order chi connectivity index (χ1) is 6.95. The number of halogens is 2. The maximum atomic E-state index is 13.4. The molecule has 0 aromatic rings. The summed E-state index contributed by atoms with van der Waals surface area (Å²) in [5.41, 5.74) is 0. The maximum absolute atomic E-state index is 13.4. The van der Waals surface area contributed by atoms with E-state index in [9.17, 15) is 18.5 Å². The molecular formula is C8H12F2N2O3. The second-order valence-corrected chi connectivity index (χ2v) is 3.63. The Labute approximate surface area is 85.0 Å². The monoisotopic (exact) mass is 222 g/mol. The third kappa shape index (κ3) is 3.10. The highest BCUT2D eigenvalue weighted by Crippen LogP contribution is 2.35. The lowest BCUT2D eigenvalue weighted by atomic mass is 9.93. The second kappa shape index (κ2) is 4.50. The van der Waals surface area contributed by atoms with Gasteiger partial charge in [0.15, 0.2) is 0 Å². The molecule has 0 radical (unpaired) electrons. The highest BCUT2D eigenvalue weighted by Gasteiger charge is 2.42. The standard InChI is InChI=1S/C8H12F2N2O3/c9-8(10)2-4-12(11-15)3-1-6(8)5-7(13)14/h6H,1-5H2,(H,13,14). The molecule has 86 valence electrons. The lowest BCUT2D eigenvalue weighted by Crippen LogP contribution is -2.30. The Morgan fingerprint density at radius 2 is 2.20 bits per heavy atom. The van der Waals surface area contributed by atoms with E-state index in [1.807, 2.05) is 0 Å². The van der Waals surface area contributed by atoms with Gasteiger partial charge in [-0.2, -0.15) is 0 Å². The summed E-state index contributed by atoms with van der Waals surface area (Å²) in [5.74, 6) is -5.48. The van der Waals surface area contributed by atoms with E-state index in [2.05, 4.69) is 5.29 Å². The predicted octanol–water partition coefficient (Wildman–Crippen LogP) is 1.49. The van der Waals surface area contributed by atoms with Crippen LogP contribution in [-0.4, -0.2) is 35.1 Å². The van der Waals surface area contributed by atoms with Crippen molar-refractivity contribution in [2.45, 2.75) is 25.2 Å². The van der Waals surface area contributed by atoms with E-state index in [4.69, 9.17) is 5.11 Å². The van der Waals surface area contributed by atoms with Crippen LogP contribution in [0, 0.1) is 10.8 Å². The van der Waals surface area contributed by atoms with Crippen molar-refractivity contribution in [3.63, 3.8) is 0 Å². The van der Waals surface area contributed by atoms with Gasteiger partial charge < -0.3 is 5.11 Å². The van der Waals surface area contributed by atoms with Crippen LogP contribution < -0.4 is 0 Å². The molecule has 1 aliphatic rings. The molecule has 1 atom stereocenters. The van der Waals surface area contributed by atoms with Crippen molar-refractivity contribution < 1.29 is 18.7 Å². The number of hydrogen-bond donors (Lipinski definition) is 1. The first-order valence-corrected chi connectivity index (χ1v) is 4.63. The summed E-state index contributed by atoms with van der Waals surface area (Å²) in [5, 5.41) is 12.1. The average molecular weight is 222 g/mol. The van der Waals surface area contributed by atoms with E-state index >= 15 is 0 Å². The molecule has 0 bridgehead atoms. The smallest absolute Gasteiger partial charge is 0.303 e. The van der Waals surface area contributed by atoms with Crippen LogP contribution >= 0.6 is 0 Å². The molecule has 1 aliphatic heterocycles. The van der Waals surface area contributed by atoms with Gasteiger partial charge in [0.05, 0.1) is 11.7 Å². The van der Waals surface area contributed by atoms with Gasteiger partial charge >= 0.3 is 5.97 Å². The van der Waals surface area contributed by atoms with E-state index in [1.165, 1.54) is 0 Å². The molecule has 1 fully saturated rings. The molecule has 0 spiro atoms. The van der Waals surface area contributed by atoms with E-state index in [-0.39, 0.29) is 19.5 Å². The van der Waals surface area contributed by atoms with E-state index < -0.39 is 30.7 Å². The molecule has 0 amide bonds. The van der Waals surface area contributed by atoms with Crippen molar-refractivity contribution in [3.8, 4) is 0 Å². The Balaban J connectivity index is 2.68. The molecule has 1 saturated heterocycles. The predicted molar refractivity (Wildman–Crippen MR) is 47.3 cm³/mol. The number of carbonyl (C=O) groups is 1. The minimum absolute atomic E-state index is 0.0228. The van der Waals surface area contributed by atoms with Gasteiger partial charge in [0.2, 0.25) is 0 Å². The zero-order valence-electron chi connectivity index (χ0n) is 8.03. The zero-order chi connectivity index (χ0) is 11.5. The first-order valence-electron chi connectivity index (χ1n) is 4.63. The van der Waals surface area contributed by atoms with Crippen LogP contribution in [0.4, 0.5) is 8.78 Å². The van der Waals surface area contributed by atoms with Gasteiger partial charge in [-0.1, -0.05) is 0 Å². The van der Waals surface area contributed by atoms with Gasteiger partial charge in [0.25, 0.3) is 5.92 Å². The van der Waals surface area contributed by atoms with Gasteiger partial charge in [0.1, 0.15) is 0 Å². The summed E-state index contributed by atoms with van der Waals surface area (Å²) in [6, 6.07) is 0. The van der Waals surface area contributed by atoms with Crippen molar-refractivity contribution in [2.24, 2.45) is 11.2 Å². The van der Waals surface area contributed by atoms with Gasteiger partial charge in [-0.15, -0.1) is 4.91 Å². The highest BCUT2D eigenvalue weighted by molar-refractivity contribution is 5.67. The second-order valence-electron chi connectivity index (χ2n) is 3.63. The van der Waals surface area contributed by atoms with Gasteiger partial charge in [-0.25, -0.2) is 8.78 Å². The number of carboxylic acid groups (broad SMARTS) is 1. The number of carboxylic acids is 1. The van der Waals surface area contributed by atoms with E-state index in [0.29, 0.717) is 0 Å². The van der Waals surface area contributed by atoms with Crippen LogP contribution in [-0.2, 0) is 4.79 Å². The normalized spacial score (nSPS) is 25.7. The number of rotatable bonds is 3. The summed E-state index contributed by atoms with van der Waals surface area (Å²) in [7, 11) is 0. The van der Waals surface area contributed by atoms with E-state index in [1.54, 1.807) is 0 Å². The quantitative estimate of drug-likeness (QED) is 0.734. The number of nitroso groups, excluding NO2 is 1. The van der Waals surface area contributed by atoms with Gasteiger partial charge in [-0.05, 0) is 6.42 Å². The molecule has 1 unspecified atom stereocenters. The third-order valence-corrected chi connectivity index (χ3v) is 2.57. The van der Waals surface area contributed by atoms with Crippen LogP contribution in [0.5, 0.6) is 0 Å². The largest absolute Gasteiger partial charge is 0.481 e. The number of hydrogen-bond acceptors (Lipinski definition) is 3. The SMILES string of the molecule is O=NN1CCC(CC(=O)O)C(F)(F)CC1. The molecule has 1 rings (SSSR count). The Kier molecular flexibility index (Phi) is 3.54. The Morgan fingerprint density at radius 3 is 2.73 bits per heavy atom. The molecule has 15 heavy (non-hydrogen) atoms. The summed E-state index contributed by atoms with van der Waals surface area (Å²) in [6.45, 7) is -0.0242. The number of aliphatic carboxylic acids is 1. The summed E-state index contributed by atoms with van der Waals surface area (Å²) in [4.78, 5) is 20.6. The lowest BCUT2D eigenvalue weighted by Gasteiger charge is -2.22. The third-order valence-electron chi connectivity index (χ3n) is 2.57. The Hall–Kier alpha value is -1.27. The van der Waals surface area contributed by atoms with Gasteiger partial charge in [-0.3, -0.25) is 9.80 Å². The summed E-state index contributed by atoms with van der Waals surface area (Å²) >= 11 is 0. The van der Waals surface area contributed by atoms with Crippen molar-refractivity contribution in [2.75, 3.05) is 13.1 Å². The van der Waals surface area contributed by atoms with Crippen LogP contribution in [0.1, 0.15) is 19.3 Å². The molecule has 5 nitrogen and oxygen atoms in total. The Bertz CT molecular complexity index is 260. The van der Waals surface area contributed by atoms with Gasteiger partial charge in [0, 0.05) is 25.4 Å². The molecule has 1 N–H and O–H groups in total. The number of alkyl halides is 2. The fraction of sp³-hybridized carbons (Fsp3) is 0.875. The lowest BCUT2D eigenvalue weighted by molar-refractivity contribution is -0.143. The fourth-order valence-corrected chi connectivity index (χ4v) is 1.65. The highest BCUT2D eigenvalue weighted by atomic mass is 19.3. The van der Waals surface area contributed by atoms with Crippen molar-refractivity contribution in [3.05, 3.63) is 4.91 Å². The van der Waals surface area contributed by atoms with Crippen molar-refractivity contribution >= 4 is 5.97 Å². The minimum atomic E-state index is -3.03. The van der Waals surface area contributed by atoms with Crippen LogP contribution in [0.15, 0.2) is 5.29 Å². The van der Waals surface area contributed by atoms with E-state index in [0.717, 1.165) is 5.01 Å². The maximum Gasteiger partial charge on any atom is 0.303 e. The molecule has 1 heterocycles. The number of nitrogens with zero attached hydrogens (tertiary/aromatic N) is 2. The zero-order valence-corrected chi connectivity index (χ0v) is 8.03.